The number of carboxylic acids is 1. The fourth-order valence-electron chi connectivity index (χ4n) is 1.49. The number of aromatic nitrogens is 1. The van der Waals surface area contributed by atoms with Crippen LogP contribution in [0.4, 0.5) is 0 Å². The van der Waals surface area contributed by atoms with Gasteiger partial charge in [0.05, 0.1) is 6.54 Å². The molecule has 0 radical (unpaired) electrons. The van der Waals surface area contributed by atoms with Crippen molar-refractivity contribution in [1.29, 1.82) is 0 Å². The summed E-state index contributed by atoms with van der Waals surface area (Å²) in [7, 11) is 0. The van der Waals surface area contributed by atoms with Gasteiger partial charge in [-0.2, -0.15) is 0 Å². The SMILES string of the molecule is O=C(/C=C/c1ccccc1Br)NCc1nc(C(=O)O)cs1. The smallest absolute Gasteiger partial charge is 0.355 e. The molecule has 0 bridgehead atoms. The summed E-state index contributed by atoms with van der Waals surface area (Å²) in [6.45, 7) is 0.205. The normalized spacial score (nSPS) is 10.7. The third-order valence-corrected chi connectivity index (χ3v) is 4.08. The Morgan fingerprint density at radius 2 is 2.14 bits per heavy atom. The summed E-state index contributed by atoms with van der Waals surface area (Å²) in [4.78, 5) is 26.3. The van der Waals surface area contributed by atoms with Crippen LogP contribution in [0.15, 0.2) is 40.2 Å². The Labute approximate surface area is 133 Å². The summed E-state index contributed by atoms with van der Waals surface area (Å²) in [5.41, 5.74) is 0.892. The van der Waals surface area contributed by atoms with Gasteiger partial charge in [0.15, 0.2) is 5.69 Å². The minimum absolute atomic E-state index is 0.00647. The Morgan fingerprint density at radius 3 is 2.81 bits per heavy atom. The van der Waals surface area contributed by atoms with Crippen LogP contribution in [-0.2, 0) is 11.3 Å². The predicted octanol–water partition coefficient (Wildman–Crippen LogP) is 2.93. The number of nitrogens with zero attached hydrogens (tertiary/aromatic N) is 1. The molecule has 2 N–H and O–H groups in total. The van der Waals surface area contributed by atoms with Crippen molar-refractivity contribution in [2.45, 2.75) is 6.54 Å². The Morgan fingerprint density at radius 1 is 1.38 bits per heavy atom. The van der Waals surface area contributed by atoms with E-state index >= 15 is 0 Å². The molecule has 0 fully saturated rings. The third-order valence-electron chi connectivity index (χ3n) is 2.50. The standard InChI is InChI=1S/C14H11BrN2O3S/c15-10-4-2-1-3-9(10)5-6-12(18)16-7-13-17-11(8-21-13)14(19)20/h1-6,8H,7H2,(H,16,18)(H,19,20)/b6-5+. The molecule has 1 heterocycles. The molecule has 1 aromatic carbocycles. The van der Waals surface area contributed by atoms with Gasteiger partial charge in [0.1, 0.15) is 5.01 Å². The molecule has 0 atom stereocenters. The van der Waals surface area contributed by atoms with Crippen LogP contribution in [0.3, 0.4) is 0 Å². The second-order valence-electron chi connectivity index (χ2n) is 4.00. The highest BCUT2D eigenvalue weighted by Crippen LogP contribution is 2.17. The molecule has 0 aliphatic rings. The van der Waals surface area contributed by atoms with Gasteiger partial charge in [-0.25, -0.2) is 9.78 Å². The van der Waals surface area contributed by atoms with E-state index in [9.17, 15) is 9.59 Å². The zero-order valence-corrected chi connectivity index (χ0v) is 13.1. The Kier molecular flexibility index (Phi) is 5.24. The van der Waals surface area contributed by atoms with Crippen molar-refractivity contribution in [3.05, 3.63) is 56.5 Å². The number of thiazole rings is 1. The molecule has 0 unspecified atom stereocenters. The van der Waals surface area contributed by atoms with Crippen molar-refractivity contribution < 1.29 is 14.7 Å². The molecule has 0 saturated carbocycles. The third kappa shape index (κ3) is 4.51. The van der Waals surface area contributed by atoms with Crippen molar-refractivity contribution in [2.24, 2.45) is 0 Å². The fraction of sp³-hybridized carbons (Fsp3) is 0.0714. The number of benzene rings is 1. The van der Waals surface area contributed by atoms with Crippen molar-refractivity contribution in [3.8, 4) is 0 Å². The number of rotatable bonds is 5. The molecule has 0 saturated heterocycles. The van der Waals surface area contributed by atoms with Crippen LogP contribution in [0.1, 0.15) is 21.1 Å². The highest BCUT2D eigenvalue weighted by Gasteiger charge is 2.08. The van der Waals surface area contributed by atoms with E-state index in [1.165, 1.54) is 22.8 Å². The van der Waals surface area contributed by atoms with Crippen LogP contribution >= 0.6 is 27.3 Å². The quantitative estimate of drug-likeness (QED) is 0.797. The Bertz CT molecular complexity index is 697. The number of carboxylic acid groups (broad SMARTS) is 1. The van der Waals surface area contributed by atoms with E-state index in [1.807, 2.05) is 24.3 Å². The second-order valence-corrected chi connectivity index (χ2v) is 5.80. The minimum atomic E-state index is -1.07. The van der Waals surface area contributed by atoms with Crippen molar-refractivity contribution >= 4 is 45.2 Å². The lowest BCUT2D eigenvalue weighted by molar-refractivity contribution is -0.116. The maximum atomic E-state index is 11.7. The van der Waals surface area contributed by atoms with Crippen LogP contribution in [-0.4, -0.2) is 22.0 Å². The molecule has 5 nitrogen and oxygen atoms in total. The molecule has 2 rings (SSSR count). The molecule has 108 valence electrons. The molecule has 1 aromatic heterocycles. The number of aromatic carboxylic acids is 1. The average Bonchev–Trinajstić information content (AvgIpc) is 2.93. The average molecular weight is 367 g/mol. The van der Waals surface area contributed by atoms with Crippen LogP contribution in [0.25, 0.3) is 6.08 Å². The van der Waals surface area contributed by atoms with Crippen molar-refractivity contribution in [1.82, 2.24) is 10.3 Å². The lowest BCUT2D eigenvalue weighted by atomic mass is 10.2. The predicted molar refractivity (Wildman–Crippen MR) is 84.1 cm³/mol. The lowest BCUT2D eigenvalue weighted by Crippen LogP contribution is -2.20. The second kappa shape index (κ2) is 7.14. The van der Waals surface area contributed by atoms with Crippen molar-refractivity contribution in [3.63, 3.8) is 0 Å². The number of halogens is 1. The summed E-state index contributed by atoms with van der Waals surface area (Å²) in [5, 5.41) is 13.4. The minimum Gasteiger partial charge on any atom is -0.476 e. The zero-order valence-electron chi connectivity index (χ0n) is 10.7. The molecule has 2 aromatic rings. The molecule has 0 aliphatic heterocycles. The van der Waals surface area contributed by atoms with E-state index in [-0.39, 0.29) is 18.1 Å². The van der Waals surface area contributed by atoms with Crippen molar-refractivity contribution in [2.75, 3.05) is 0 Å². The summed E-state index contributed by atoms with van der Waals surface area (Å²) in [5.74, 6) is -1.34. The number of carbonyl (C=O) groups is 2. The van der Waals surface area contributed by atoms with Gasteiger partial charge in [-0.1, -0.05) is 34.1 Å². The van der Waals surface area contributed by atoms with Crippen LogP contribution in [0.5, 0.6) is 0 Å². The van der Waals surface area contributed by atoms with Crippen LogP contribution in [0.2, 0.25) is 0 Å². The molecule has 1 amide bonds. The molecule has 0 spiro atoms. The van der Waals surface area contributed by atoms with Gasteiger partial charge in [0.25, 0.3) is 0 Å². The van der Waals surface area contributed by atoms with E-state index in [2.05, 4.69) is 26.2 Å². The van der Waals surface area contributed by atoms with Gasteiger partial charge < -0.3 is 10.4 Å². The first-order valence-electron chi connectivity index (χ1n) is 5.94. The van der Waals surface area contributed by atoms with E-state index in [1.54, 1.807) is 6.08 Å². The molecular weight excluding hydrogens is 356 g/mol. The summed E-state index contributed by atoms with van der Waals surface area (Å²) >= 11 is 4.59. The maximum Gasteiger partial charge on any atom is 0.355 e. The molecule has 7 heteroatoms. The van der Waals surface area contributed by atoms with Gasteiger partial charge in [0, 0.05) is 15.9 Å². The van der Waals surface area contributed by atoms with Gasteiger partial charge in [-0.05, 0) is 17.7 Å². The van der Waals surface area contributed by atoms with E-state index < -0.39 is 5.97 Å². The summed E-state index contributed by atoms with van der Waals surface area (Å²) in [6.07, 6.45) is 3.12. The molecule has 0 aliphatic carbocycles. The zero-order chi connectivity index (χ0) is 15.2. The largest absolute Gasteiger partial charge is 0.476 e. The number of hydrogen-bond donors (Lipinski definition) is 2. The Balaban J connectivity index is 1.90. The van der Waals surface area contributed by atoms with Gasteiger partial charge in [-0.15, -0.1) is 11.3 Å². The number of amides is 1. The first kappa shape index (κ1) is 15.4. The first-order chi connectivity index (χ1) is 10.1. The lowest BCUT2D eigenvalue weighted by Gasteiger charge is -1.99. The monoisotopic (exact) mass is 366 g/mol. The highest BCUT2D eigenvalue weighted by atomic mass is 79.9. The number of carbonyl (C=O) groups excluding carboxylic acids is 1. The number of nitrogens with one attached hydrogen (secondary N) is 1. The topological polar surface area (TPSA) is 79.3 Å². The number of hydrogen-bond acceptors (Lipinski definition) is 4. The molecule has 21 heavy (non-hydrogen) atoms. The van der Waals surface area contributed by atoms with Gasteiger partial charge in [-0.3, -0.25) is 4.79 Å². The fourth-order valence-corrected chi connectivity index (χ4v) is 2.61. The van der Waals surface area contributed by atoms with Crippen LogP contribution in [0, 0.1) is 0 Å². The van der Waals surface area contributed by atoms with Crippen LogP contribution < -0.4 is 5.32 Å². The van der Waals surface area contributed by atoms with E-state index in [0.717, 1.165) is 10.0 Å². The highest BCUT2D eigenvalue weighted by molar-refractivity contribution is 9.10. The van der Waals surface area contributed by atoms with E-state index in [0.29, 0.717) is 5.01 Å². The van der Waals surface area contributed by atoms with Gasteiger partial charge >= 0.3 is 5.97 Å². The summed E-state index contributed by atoms with van der Waals surface area (Å²) < 4.78 is 0.903. The summed E-state index contributed by atoms with van der Waals surface area (Å²) in [6, 6.07) is 7.55. The molecular formula is C14H11BrN2O3S. The maximum absolute atomic E-state index is 11.7. The van der Waals surface area contributed by atoms with E-state index in [4.69, 9.17) is 5.11 Å². The van der Waals surface area contributed by atoms with Gasteiger partial charge in [0.2, 0.25) is 5.91 Å². The first-order valence-corrected chi connectivity index (χ1v) is 7.61. The Hall–Kier alpha value is -1.99.